The zero-order valence-electron chi connectivity index (χ0n) is 15.7. The van der Waals surface area contributed by atoms with Gasteiger partial charge in [0.1, 0.15) is 6.61 Å². The Labute approximate surface area is 151 Å². The van der Waals surface area contributed by atoms with Crippen LogP contribution >= 0.6 is 0 Å². The summed E-state index contributed by atoms with van der Waals surface area (Å²) in [5.74, 6) is 0.686. The van der Waals surface area contributed by atoms with Gasteiger partial charge >= 0.3 is 0 Å². The Bertz CT molecular complexity index is 592. The first kappa shape index (κ1) is 18.3. The molecule has 0 spiro atoms. The van der Waals surface area contributed by atoms with Gasteiger partial charge in [0, 0.05) is 36.5 Å². The highest BCUT2D eigenvalue weighted by Crippen LogP contribution is 2.60. The first-order valence-electron chi connectivity index (χ1n) is 9.37. The fourth-order valence-corrected chi connectivity index (χ4v) is 4.61. The smallest absolute Gasteiger partial charge is 0.129 e. The molecule has 2 aliphatic rings. The van der Waals surface area contributed by atoms with E-state index in [-0.39, 0.29) is 11.3 Å². The highest BCUT2D eigenvalue weighted by Gasteiger charge is 2.58. The van der Waals surface area contributed by atoms with Gasteiger partial charge in [-0.15, -0.1) is 0 Å². The van der Waals surface area contributed by atoms with Crippen LogP contribution in [0.2, 0.25) is 0 Å². The lowest BCUT2D eigenvalue weighted by Crippen LogP contribution is -2.49. The topological polar surface area (TPSA) is 58.0 Å². The molecular formula is C20H31N3O2. The first-order valence-corrected chi connectivity index (χ1v) is 9.37. The second kappa shape index (κ2) is 7.42. The van der Waals surface area contributed by atoms with E-state index in [1.165, 1.54) is 5.56 Å². The Morgan fingerprint density at radius 2 is 2.24 bits per heavy atom. The summed E-state index contributed by atoms with van der Waals surface area (Å²) in [5.41, 5.74) is 0.522. The molecule has 0 bridgehead atoms. The van der Waals surface area contributed by atoms with Crippen molar-refractivity contribution in [3.8, 4) is 0 Å². The molecule has 138 valence electrons. The monoisotopic (exact) mass is 345 g/mol. The quantitative estimate of drug-likeness (QED) is 0.489. The summed E-state index contributed by atoms with van der Waals surface area (Å²) in [6, 6.07) is 4.12. The van der Waals surface area contributed by atoms with Crippen LogP contribution in [0, 0.1) is 11.3 Å². The standard InChI is InChI=1S/C20H31N3O2/c1-19-8-6-16(17-5-4-10-21-14-17)13-20(19,24)9-7-18(19)15-22-25-12-11-23(2)3/h4-5,10,14-16,18,24H,6-9,11-13H2,1-3H3/t16-,18+,19+,20-/m0/s1. The molecule has 4 atom stereocenters. The van der Waals surface area contributed by atoms with Crippen LogP contribution < -0.4 is 0 Å². The molecule has 1 heterocycles. The van der Waals surface area contributed by atoms with Crippen molar-refractivity contribution >= 4 is 6.21 Å². The minimum atomic E-state index is -0.619. The van der Waals surface area contributed by atoms with Crippen LogP contribution in [0.25, 0.3) is 0 Å². The molecular weight excluding hydrogens is 314 g/mol. The van der Waals surface area contributed by atoms with E-state index in [2.05, 4.69) is 28.0 Å². The summed E-state index contributed by atoms with van der Waals surface area (Å²) in [5, 5.41) is 15.6. The van der Waals surface area contributed by atoms with Crippen LogP contribution in [0.15, 0.2) is 29.7 Å². The maximum Gasteiger partial charge on any atom is 0.129 e. The minimum absolute atomic E-state index is 0.111. The molecule has 1 N–H and O–H groups in total. The van der Waals surface area contributed by atoms with Crippen molar-refractivity contribution in [2.75, 3.05) is 27.2 Å². The molecule has 0 amide bonds. The molecule has 3 rings (SSSR count). The Kier molecular flexibility index (Phi) is 5.44. The number of aromatic nitrogens is 1. The van der Waals surface area contributed by atoms with E-state index in [1.807, 2.05) is 38.8 Å². The molecule has 2 saturated carbocycles. The van der Waals surface area contributed by atoms with Gasteiger partial charge in [0.15, 0.2) is 0 Å². The summed E-state index contributed by atoms with van der Waals surface area (Å²) in [6.07, 6.45) is 10.4. The molecule has 0 unspecified atom stereocenters. The summed E-state index contributed by atoms with van der Waals surface area (Å²) in [7, 11) is 4.04. The summed E-state index contributed by atoms with van der Waals surface area (Å²) < 4.78 is 0. The summed E-state index contributed by atoms with van der Waals surface area (Å²) >= 11 is 0. The van der Waals surface area contributed by atoms with Crippen molar-refractivity contribution in [3.05, 3.63) is 30.1 Å². The zero-order chi connectivity index (χ0) is 17.9. The number of rotatable bonds is 6. The van der Waals surface area contributed by atoms with Crippen LogP contribution in [0.3, 0.4) is 0 Å². The SMILES string of the molecule is CN(C)CCON=C[C@H]1CC[C@]2(O)C[C@@H](c3cccnc3)CC[C@]12C. The number of hydrogen-bond donors (Lipinski definition) is 1. The Balaban J connectivity index is 1.63. The maximum absolute atomic E-state index is 11.4. The lowest BCUT2D eigenvalue weighted by Gasteiger charge is -2.48. The van der Waals surface area contributed by atoms with E-state index >= 15 is 0 Å². The molecule has 0 radical (unpaired) electrons. The number of hydrogen-bond acceptors (Lipinski definition) is 5. The van der Waals surface area contributed by atoms with Gasteiger partial charge in [0.25, 0.3) is 0 Å². The second-order valence-corrected chi connectivity index (χ2v) is 8.21. The minimum Gasteiger partial charge on any atom is -0.395 e. The molecule has 5 heteroatoms. The number of likely N-dealkylation sites (N-methyl/N-ethyl adjacent to an activating group) is 1. The van der Waals surface area contributed by atoms with Gasteiger partial charge in [-0.3, -0.25) is 4.98 Å². The highest BCUT2D eigenvalue weighted by molar-refractivity contribution is 5.62. The average Bonchev–Trinajstić information content (AvgIpc) is 2.86. The molecule has 0 saturated heterocycles. The van der Waals surface area contributed by atoms with Gasteiger partial charge in [0.2, 0.25) is 0 Å². The Morgan fingerprint density at radius 1 is 1.40 bits per heavy atom. The summed E-state index contributed by atoms with van der Waals surface area (Å²) in [6.45, 7) is 3.69. The zero-order valence-corrected chi connectivity index (χ0v) is 15.7. The van der Waals surface area contributed by atoms with Gasteiger partial charge in [-0.1, -0.05) is 18.1 Å². The third kappa shape index (κ3) is 3.72. The van der Waals surface area contributed by atoms with Gasteiger partial charge in [0.05, 0.1) is 5.60 Å². The third-order valence-corrected chi connectivity index (χ3v) is 6.45. The largest absolute Gasteiger partial charge is 0.395 e. The van der Waals surface area contributed by atoms with Crippen molar-refractivity contribution < 1.29 is 9.94 Å². The van der Waals surface area contributed by atoms with Gasteiger partial charge in [-0.05, 0) is 63.7 Å². The molecule has 5 nitrogen and oxygen atoms in total. The van der Waals surface area contributed by atoms with Crippen LogP contribution in [0.1, 0.15) is 50.5 Å². The van der Waals surface area contributed by atoms with E-state index in [9.17, 15) is 5.11 Å². The number of aliphatic hydroxyl groups is 1. The fourth-order valence-electron chi connectivity index (χ4n) is 4.61. The first-order chi connectivity index (χ1) is 11.9. The Hall–Kier alpha value is -1.46. The average molecular weight is 345 g/mol. The number of oxime groups is 1. The predicted molar refractivity (Wildman–Crippen MR) is 99.6 cm³/mol. The normalized spacial score (nSPS) is 35.2. The molecule has 2 aliphatic carbocycles. The van der Waals surface area contributed by atoms with Crippen LogP contribution in [-0.4, -0.2) is 54.1 Å². The van der Waals surface area contributed by atoms with Crippen molar-refractivity contribution in [2.24, 2.45) is 16.5 Å². The van der Waals surface area contributed by atoms with E-state index in [0.717, 1.165) is 38.6 Å². The van der Waals surface area contributed by atoms with Crippen LogP contribution in [-0.2, 0) is 4.84 Å². The molecule has 25 heavy (non-hydrogen) atoms. The van der Waals surface area contributed by atoms with Crippen molar-refractivity contribution in [2.45, 2.75) is 50.5 Å². The van der Waals surface area contributed by atoms with E-state index < -0.39 is 5.60 Å². The Morgan fingerprint density at radius 3 is 2.96 bits per heavy atom. The third-order valence-electron chi connectivity index (χ3n) is 6.45. The summed E-state index contributed by atoms with van der Waals surface area (Å²) in [4.78, 5) is 11.7. The van der Waals surface area contributed by atoms with E-state index in [4.69, 9.17) is 4.84 Å². The molecule has 2 fully saturated rings. The van der Waals surface area contributed by atoms with Crippen molar-refractivity contribution in [1.82, 2.24) is 9.88 Å². The van der Waals surface area contributed by atoms with Crippen molar-refractivity contribution in [3.63, 3.8) is 0 Å². The van der Waals surface area contributed by atoms with Crippen LogP contribution in [0.5, 0.6) is 0 Å². The number of nitrogens with zero attached hydrogens (tertiary/aromatic N) is 3. The van der Waals surface area contributed by atoms with Gasteiger partial charge in [-0.2, -0.15) is 0 Å². The lowest BCUT2D eigenvalue weighted by molar-refractivity contribution is -0.0959. The highest BCUT2D eigenvalue weighted by atomic mass is 16.6. The van der Waals surface area contributed by atoms with Crippen LogP contribution in [0.4, 0.5) is 0 Å². The molecule has 1 aromatic rings. The lowest BCUT2D eigenvalue weighted by atomic mass is 9.59. The molecule has 0 aromatic carbocycles. The van der Waals surface area contributed by atoms with E-state index in [0.29, 0.717) is 12.5 Å². The maximum atomic E-state index is 11.4. The molecule has 1 aromatic heterocycles. The fraction of sp³-hybridized carbons (Fsp3) is 0.700. The van der Waals surface area contributed by atoms with E-state index in [1.54, 1.807) is 0 Å². The number of pyridine rings is 1. The molecule has 0 aliphatic heterocycles. The second-order valence-electron chi connectivity index (χ2n) is 8.21. The van der Waals surface area contributed by atoms with Gasteiger partial charge < -0.3 is 14.8 Å². The van der Waals surface area contributed by atoms with Gasteiger partial charge in [-0.25, -0.2) is 0 Å². The predicted octanol–water partition coefficient (Wildman–Crippen LogP) is 3.06. The number of fused-ring (bicyclic) bond motifs is 1. The van der Waals surface area contributed by atoms with Crippen molar-refractivity contribution in [1.29, 1.82) is 0 Å².